The van der Waals surface area contributed by atoms with Crippen molar-refractivity contribution in [3.05, 3.63) is 51.7 Å². The van der Waals surface area contributed by atoms with E-state index in [2.05, 4.69) is 5.10 Å². The molecule has 4 rings (SSSR count). The van der Waals surface area contributed by atoms with Crippen LogP contribution < -0.4 is 5.69 Å². The number of carbonyl (C=O) groups is 1. The molecule has 0 radical (unpaired) electrons. The number of rotatable bonds is 3. The molecule has 0 unspecified atom stereocenters. The van der Waals surface area contributed by atoms with Crippen LogP contribution in [0.4, 0.5) is 22.0 Å². The summed E-state index contributed by atoms with van der Waals surface area (Å²) < 4.78 is 68.0. The van der Waals surface area contributed by atoms with Gasteiger partial charge in [0, 0.05) is 6.42 Å². The van der Waals surface area contributed by atoms with Crippen LogP contribution in [-0.2, 0) is 23.9 Å². The second kappa shape index (κ2) is 7.51. The van der Waals surface area contributed by atoms with Gasteiger partial charge < -0.3 is 4.90 Å². The molecule has 0 spiro atoms. The molecule has 1 fully saturated rings. The molecule has 0 bridgehead atoms. The van der Waals surface area contributed by atoms with E-state index in [1.807, 2.05) is 0 Å². The van der Waals surface area contributed by atoms with E-state index in [0.29, 0.717) is 25.1 Å². The zero-order valence-electron chi connectivity index (χ0n) is 15.8. The lowest BCUT2D eigenvalue weighted by Crippen LogP contribution is -2.42. The van der Waals surface area contributed by atoms with Gasteiger partial charge in [0.2, 0.25) is 5.91 Å². The molecule has 2 aromatic rings. The SMILES string of the molecule is O=C([C@@H]1CCCc2nn(Cc3cccc(C(F)(F)F)c3)c(=O)n21)N1C[C@@H](F)[C@@H](F)C1. The quantitative estimate of drug-likeness (QED) is 0.704. The van der Waals surface area contributed by atoms with E-state index in [4.69, 9.17) is 0 Å². The predicted octanol–water partition coefficient (Wildman–Crippen LogP) is 2.51. The average molecular weight is 430 g/mol. The van der Waals surface area contributed by atoms with E-state index < -0.39 is 41.7 Å². The molecule has 30 heavy (non-hydrogen) atoms. The zero-order chi connectivity index (χ0) is 21.6. The average Bonchev–Trinajstić information content (AvgIpc) is 3.20. The maximum Gasteiger partial charge on any atom is 0.416 e. The van der Waals surface area contributed by atoms with Crippen molar-refractivity contribution < 1.29 is 26.7 Å². The van der Waals surface area contributed by atoms with E-state index in [0.717, 1.165) is 21.7 Å². The molecule has 11 heteroatoms. The van der Waals surface area contributed by atoms with Crippen LogP contribution in [0, 0.1) is 0 Å². The highest BCUT2D eigenvalue weighted by Gasteiger charge is 2.40. The van der Waals surface area contributed by atoms with Crippen LogP contribution in [0.5, 0.6) is 0 Å². The van der Waals surface area contributed by atoms with Crippen LogP contribution in [0.15, 0.2) is 29.1 Å². The maximum atomic E-state index is 13.5. The molecular weight excluding hydrogens is 411 g/mol. The number of aryl methyl sites for hydroxylation is 1. The fraction of sp³-hybridized carbons (Fsp3) is 0.526. The lowest BCUT2D eigenvalue weighted by molar-refractivity contribution is -0.137. The van der Waals surface area contributed by atoms with Crippen LogP contribution in [0.1, 0.15) is 35.8 Å². The highest BCUT2D eigenvalue weighted by Crippen LogP contribution is 2.30. The minimum atomic E-state index is -4.51. The van der Waals surface area contributed by atoms with E-state index in [9.17, 15) is 31.5 Å². The van der Waals surface area contributed by atoms with Crippen molar-refractivity contribution in [2.24, 2.45) is 0 Å². The second-order valence-electron chi connectivity index (χ2n) is 7.61. The van der Waals surface area contributed by atoms with Gasteiger partial charge in [0.1, 0.15) is 11.9 Å². The summed E-state index contributed by atoms with van der Waals surface area (Å²) in [6.07, 6.45) is -6.71. The van der Waals surface area contributed by atoms with Crippen molar-refractivity contribution in [3.63, 3.8) is 0 Å². The molecule has 1 aromatic carbocycles. The molecule has 2 aliphatic rings. The van der Waals surface area contributed by atoms with Gasteiger partial charge >= 0.3 is 11.9 Å². The first-order valence-corrected chi connectivity index (χ1v) is 9.56. The Hall–Kier alpha value is -2.72. The molecular formula is C19H19F5N4O2. The molecule has 6 nitrogen and oxygen atoms in total. The van der Waals surface area contributed by atoms with Gasteiger partial charge in [0.05, 0.1) is 25.2 Å². The number of likely N-dealkylation sites (tertiary alicyclic amines) is 1. The van der Waals surface area contributed by atoms with Gasteiger partial charge in [-0.25, -0.2) is 18.3 Å². The molecule has 0 aliphatic carbocycles. The van der Waals surface area contributed by atoms with Gasteiger partial charge in [-0.3, -0.25) is 9.36 Å². The second-order valence-corrected chi connectivity index (χ2v) is 7.61. The number of hydrogen-bond acceptors (Lipinski definition) is 3. The fourth-order valence-corrected chi connectivity index (χ4v) is 4.00. The topological polar surface area (TPSA) is 60.1 Å². The van der Waals surface area contributed by atoms with Crippen LogP contribution in [0.2, 0.25) is 0 Å². The lowest BCUT2D eigenvalue weighted by Gasteiger charge is -2.26. The summed E-state index contributed by atoms with van der Waals surface area (Å²) in [7, 11) is 0. The molecule has 162 valence electrons. The molecule has 3 atom stereocenters. The van der Waals surface area contributed by atoms with Crippen LogP contribution >= 0.6 is 0 Å². The first-order valence-electron chi connectivity index (χ1n) is 9.56. The van der Waals surface area contributed by atoms with E-state index >= 15 is 0 Å². The third kappa shape index (κ3) is 3.72. The van der Waals surface area contributed by atoms with E-state index in [1.54, 1.807) is 0 Å². The number of fused-ring (bicyclic) bond motifs is 1. The third-order valence-corrected chi connectivity index (χ3v) is 5.50. The molecule has 0 saturated carbocycles. The Bertz CT molecular complexity index is 1010. The Labute approximate surface area is 167 Å². The van der Waals surface area contributed by atoms with Crippen molar-refractivity contribution in [3.8, 4) is 0 Å². The number of nitrogens with zero attached hydrogens (tertiary/aromatic N) is 4. The third-order valence-electron chi connectivity index (χ3n) is 5.50. The highest BCUT2D eigenvalue weighted by molar-refractivity contribution is 5.81. The Morgan fingerprint density at radius 2 is 1.87 bits per heavy atom. The summed E-state index contributed by atoms with van der Waals surface area (Å²) in [5.41, 5.74) is -1.22. The number of hydrogen-bond donors (Lipinski definition) is 0. The summed E-state index contributed by atoms with van der Waals surface area (Å²) in [6.45, 7) is -0.912. The van der Waals surface area contributed by atoms with Gasteiger partial charge in [0.15, 0.2) is 12.3 Å². The predicted molar refractivity (Wildman–Crippen MR) is 95.4 cm³/mol. The summed E-state index contributed by atoms with van der Waals surface area (Å²) in [4.78, 5) is 26.8. The van der Waals surface area contributed by atoms with Crippen LogP contribution in [-0.4, -0.2) is 50.6 Å². The van der Waals surface area contributed by atoms with Gasteiger partial charge in [-0.05, 0) is 30.5 Å². The number of alkyl halides is 5. The van der Waals surface area contributed by atoms with Crippen molar-refractivity contribution in [1.29, 1.82) is 0 Å². The lowest BCUT2D eigenvalue weighted by atomic mass is 10.0. The normalized spacial score (nSPS) is 24.2. The number of amides is 1. The van der Waals surface area contributed by atoms with E-state index in [-0.39, 0.29) is 25.2 Å². The Morgan fingerprint density at radius 3 is 2.53 bits per heavy atom. The molecule has 3 heterocycles. The minimum Gasteiger partial charge on any atom is -0.335 e. The molecule has 1 amide bonds. The molecule has 0 N–H and O–H groups in total. The van der Waals surface area contributed by atoms with Crippen LogP contribution in [0.25, 0.3) is 0 Å². The Kier molecular flexibility index (Phi) is 5.15. The van der Waals surface area contributed by atoms with Gasteiger partial charge in [-0.15, -0.1) is 0 Å². The zero-order valence-corrected chi connectivity index (χ0v) is 15.8. The first kappa shape index (κ1) is 20.5. The molecule has 1 aromatic heterocycles. The Morgan fingerprint density at radius 1 is 1.17 bits per heavy atom. The highest BCUT2D eigenvalue weighted by atomic mass is 19.4. The number of carbonyl (C=O) groups excluding carboxylic acids is 1. The van der Waals surface area contributed by atoms with Crippen molar-refractivity contribution in [2.75, 3.05) is 13.1 Å². The summed E-state index contributed by atoms with van der Waals surface area (Å²) in [5.74, 6) is -0.205. The Balaban J connectivity index is 1.61. The van der Waals surface area contributed by atoms with Crippen LogP contribution in [0.3, 0.4) is 0 Å². The van der Waals surface area contributed by atoms with Crippen molar-refractivity contribution in [1.82, 2.24) is 19.2 Å². The standard InChI is InChI=1S/C19H19F5N4O2/c20-13-9-26(10-14(13)21)17(29)15-5-2-6-16-25-27(18(30)28(15)16)8-11-3-1-4-12(7-11)19(22,23)24/h1,3-4,7,13-15H,2,5-6,8-10H2/t13-,14+,15-/m0/s1. The summed E-state index contributed by atoms with van der Waals surface area (Å²) >= 11 is 0. The first-order chi connectivity index (χ1) is 14.1. The summed E-state index contributed by atoms with van der Waals surface area (Å²) in [5, 5.41) is 4.19. The maximum absolute atomic E-state index is 13.5. The largest absolute Gasteiger partial charge is 0.416 e. The van der Waals surface area contributed by atoms with E-state index in [1.165, 1.54) is 16.7 Å². The summed E-state index contributed by atoms with van der Waals surface area (Å²) in [6, 6.07) is 3.66. The number of benzene rings is 1. The molecule has 2 aliphatic heterocycles. The number of aromatic nitrogens is 3. The van der Waals surface area contributed by atoms with Crippen molar-refractivity contribution in [2.45, 2.75) is 50.4 Å². The fourth-order valence-electron chi connectivity index (χ4n) is 4.00. The monoisotopic (exact) mass is 430 g/mol. The van der Waals surface area contributed by atoms with Gasteiger partial charge in [-0.2, -0.15) is 18.3 Å². The molecule has 1 saturated heterocycles. The minimum absolute atomic E-state index is 0.188. The van der Waals surface area contributed by atoms with Gasteiger partial charge in [-0.1, -0.05) is 12.1 Å². The van der Waals surface area contributed by atoms with Gasteiger partial charge in [0.25, 0.3) is 0 Å². The smallest absolute Gasteiger partial charge is 0.335 e. The van der Waals surface area contributed by atoms with Crippen molar-refractivity contribution >= 4 is 5.91 Å². The number of halogens is 5.